The van der Waals surface area contributed by atoms with Crippen LogP contribution < -0.4 is 9.47 Å². The largest absolute Gasteiger partial charge is 0.497 e. The minimum absolute atomic E-state index is 0.0467. The van der Waals surface area contributed by atoms with Gasteiger partial charge in [-0.25, -0.2) is 4.98 Å². The van der Waals surface area contributed by atoms with Gasteiger partial charge in [-0.2, -0.15) is 0 Å². The highest BCUT2D eigenvalue weighted by molar-refractivity contribution is 9.15. The van der Waals surface area contributed by atoms with Crippen LogP contribution >= 0.6 is 15.9 Å². The predicted octanol–water partition coefficient (Wildman–Crippen LogP) is 7.22. The van der Waals surface area contributed by atoms with E-state index in [-0.39, 0.29) is 5.78 Å². The third kappa shape index (κ3) is 4.13. The molecule has 0 aliphatic carbocycles. The van der Waals surface area contributed by atoms with Crippen molar-refractivity contribution in [2.45, 2.75) is 0 Å². The zero-order valence-electron chi connectivity index (χ0n) is 20.8. The van der Waals surface area contributed by atoms with E-state index in [1.54, 1.807) is 14.2 Å². The number of methoxy groups -OCH3 is 2. The third-order valence-corrected chi connectivity index (χ3v) is 7.58. The van der Waals surface area contributed by atoms with Crippen LogP contribution in [0.5, 0.6) is 11.5 Å². The molecular formula is C32H23BrN2O3. The second kappa shape index (κ2) is 9.80. The SMILES string of the molecule is COc1ccc(C2=C(c3ccc(OC)cc3)N3C=C/C(=C(\Br)c4ccc5ccccc5n4)C=C3C2=O)cc1. The Hall–Kier alpha value is -4.42. The number of ether oxygens (including phenoxy) is 2. The van der Waals surface area contributed by atoms with Crippen molar-refractivity contribution >= 4 is 48.4 Å². The van der Waals surface area contributed by atoms with Gasteiger partial charge in [0.15, 0.2) is 0 Å². The third-order valence-electron chi connectivity index (χ3n) is 6.71. The molecule has 0 amide bonds. The van der Waals surface area contributed by atoms with Gasteiger partial charge < -0.3 is 14.4 Å². The summed E-state index contributed by atoms with van der Waals surface area (Å²) >= 11 is 3.75. The number of halogens is 1. The topological polar surface area (TPSA) is 51.7 Å². The first-order valence-electron chi connectivity index (χ1n) is 12.1. The van der Waals surface area contributed by atoms with Gasteiger partial charge in [0.1, 0.15) is 11.5 Å². The molecule has 0 saturated carbocycles. The van der Waals surface area contributed by atoms with Crippen molar-refractivity contribution in [1.29, 1.82) is 0 Å². The highest BCUT2D eigenvalue weighted by atomic mass is 79.9. The first-order valence-corrected chi connectivity index (χ1v) is 12.9. The van der Waals surface area contributed by atoms with E-state index in [0.29, 0.717) is 11.3 Å². The summed E-state index contributed by atoms with van der Waals surface area (Å²) in [4.78, 5) is 20.7. The highest BCUT2D eigenvalue weighted by Gasteiger charge is 2.37. The molecule has 3 heterocycles. The van der Waals surface area contributed by atoms with Crippen molar-refractivity contribution in [2.24, 2.45) is 0 Å². The molecule has 0 radical (unpaired) electrons. The molecule has 0 N–H and O–H groups in total. The predicted molar refractivity (Wildman–Crippen MR) is 154 cm³/mol. The summed E-state index contributed by atoms with van der Waals surface area (Å²) in [7, 11) is 3.27. The molecule has 38 heavy (non-hydrogen) atoms. The number of aromatic nitrogens is 1. The number of hydrogen-bond donors (Lipinski definition) is 0. The van der Waals surface area contributed by atoms with Crippen LogP contribution in [0.15, 0.2) is 115 Å². The maximum Gasteiger partial charge on any atom is 0.212 e. The molecule has 0 spiro atoms. The molecule has 0 fully saturated rings. The Labute approximate surface area is 229 Å². The Kier molecular flexibility index (Phi) is 6.18. The molecular weight excluding hydrogens is 540 g/mol. The quantitative estimate of drug-likeness (QED) is 0.257. The fourth-order valence-corrected chi connectivity index (χ4v) is 5.22. The molecule has 2 aliphatic heterocycles. The highest BCUT2D eigenvalue weighted by Crippen LogP contribution is 2.44. The lowest BCUT2D eigenvalue weighted by Crippen LogP contribution is -2.16. The number of para-hydroxylation sites is 1. The monoisotopic (exact) mass is 562 g/mol. The number of rotatable bonds is 5. The van der Waals surface area contributed by atoms with Gasteiger partial charge in [0.05, 0.1) is 46.9 Å². The van der Waals surface area contributed by atoms with Gasteiger partial charge in [0.25, 0.3) is 0 Å². The maximum atomic E-state index is 14.0. The average molecular weight is 563 g/mol. The van der Waals surface area contributed by atoms with Crippen molar-refractivity contribution in [3.63, 3.8) is 0 Å². The van der Waals surface area contributed by atoms with Gasteiger partial charge in [0.2, 0.25) is 5.78 Å². The summed E-state index contributed by atoms with van der Waals surface area (Å²) in [5.41, 5.74) is 6.37. The molecule has 1 aromatic heterocycles. The van der Waals surface area contributed by atoms with E-state index in [9.17, 15) is 4.79 Å². The lowest BCUT2D eigenvalue weighted by molar-refractivity contribution is -0.110. The summed E-state index contributed by atoms with van der Waals surface area (Å²) < 4.78 is 11.5. The zero-order valence-corrected chi connectivity index (χ0v) is 22.4. The molecule has 0 atom stereocenters. The molecule has 4 aromatic rings. The van der Waals surface area contributed by atoms with Crippen molar-refractivity contribution in [1.82, 2.24) is 9.88 Å². The van der Waals surface area contributed by atoms with Crippen molar-refractivity contribution in [2.75, 3.05) is 14.2 Å². The van der Waals surface area contributed by atoms with Gasteiger partial charge in [-0.1, -0.05) is 36.4 Å². The van der Waals surface area contributed by atoms with Crippen molar-refractivity contribution < 1.29 is 14.3 Å². The number of Topliss-reactive ketones (excluding diaryl/α,β-unsaturated/α-hetero) is 1. The standard InChI is InChI=1S/C32H23BrN2O3/c1-37-24-12-7-21(8-13-24)29-31(22-9-14-25(38-2)15-10-22)35-18-17-23(19-28(35)32(29)36)30(33)27-16-11-20-5-3-4-6-26(20)34-27/h3-19H,1-2H3/b30-23+. The maximum absolute atomic E-state index is 14.0. The zero-order chi connectivity index (χ0) is 26.2. The van der Waals surface area contributed by atoms with E-state index in [0.717, 1.165) is 55.0 Å². The van der Waals surface area contributed by atoms with E-state index in [2.05, 4.69) is 22.0 Å². The summed E-state index contributed by atoms with van der Waals surface area (Å²) in [5, 5.41) is 1.08. The van der Waals surface area contributed by atoms with Crippen LogP contribution in [0, 0.1) is 0 Å². The van der Waals surface area contributed by atoms with Crippen molar-refractivity contribution in [3.05, 3.63) is 131 Å². The Balaban J connectivity index is 1.46. The number of allylic oxidation sites excluding steroid dienone is 4. The number of hydrogen-bond acceptors (Lipinski definition) is 5. The Morgan fingerprint density at radius 1 is 0.816 bits per heavy atom. The second-order valence-electron chi connectivity index (χ2n) is 8.88. The summed E-state index contributed by atoms with van der Waals surface area (Å²) in [6.07, 6.45) is 5.86. The second-order valence-corrected chi connectivity index (χ2v) is 9.68. The van der Waals surface area contributed by atoms with Crippen LogP contribution in [0.2, 0.25) is 0 Å². The average Bonchev–Trinajstić information content (AvgIpc) is 3.28. The number of carbonyl (C=O) groups is 1. The molecule has 0 saturated heterocycles. The summed E-state index contributed by atoms with van der Waals surface area (Å²) in [5.74, 6) is 1.45. The van der Waals surface area contributed by atoms with E-state index in [1.165, 1.54) is 0 Å². The van der Waals surface area contributed by atoms with Crippen LogP contribution in [0.4, 0.5) is 0 Å². The normalized spacial score (nSPS) is 16.0. The first-order chi connectivity index (χ1) is 18.6. The van der Waals surface area contributed by atoms with Crippen LogP contribution in [-0.2, 0) is 4.79 Å². The van der Waals surface area contributed by atoms with Gasteiger partial charge in [0, 0.05) is 11.6 Å². The lowest BCUT2D eigenvalue weighted by Gasteiger charge is -2.23. The summed E-state index contributed by atoms with van der Waals surface area (Å²) in [6.45, 7) is 0. The van der Waals surface area contributed by atoms with Crippen LogP contribution in [0.1, 0.15) is 16.8 Å². The van der Waals surface area contributed by atoms with Crippen LogP contribution in [-0.4, -0.2) is 29.9 Å². The minimum atomic E-state index is -0.0467. The van der Waals surface area contributed by atoms with E-state index in [4.69, 9.17) is 14.5 Å². The fourth-order valence-electron chi connectivity index (χ4n) is 4.76. The lowest BCUT2D eigenvalue weighted by atomic mass is 9.97. The van der Waals surface area contributed by atoms with Crippen molar-refractivity contribution in [3.8, 4) is 11.5 Å². The van der Waals surface area contributed by atoms with Crippen LogP contribution in [0.3, 0.4) is 0 Å². The Morgan fingerprint density at radius 2 is 1.47 bits per heavy atom. The van der Waals surface area contributed by atoms with E-state index in [1.807, 2.05) is 102 Å². The van der Waals surface area contributed by atoms with Gasteiger partial charge in [-0.3, -0.25) is 4.79 Å². The minimum Gasteiger partial charge on any atom is -0.497 e. The van der Waals surface area contributed by atoms with Gasteiger partial charge in [-0.15, -0.1) is 0 Å². The molecule has 6 rings (SSSR count). The number of nitrogens with zero attached hydrogens (tertiary/aromatic N) is 2. The van der Waals surface area contributed by atoms with Gasteiger partial charge in [-0.05, 0) is 93.3 Å². The number of benzene rings is 3. The molecule has 2 aliphatic rings. The smallest absolute Gasteiger partial charge is 0.212 e. The van der Waals surface area contributed by atoms with Crippen LogP contribution in [0.25, 0.3) is 26.7 Å². The van der Waals surface area contributed by atoms with E-state index < -0.39 is 0 Å². The Bertz CT molecular complexity index is 1700. The first kappa shape index (κ1) is 23.9. The Morgan fingerprint density at radius 3 is 2.16 bits per heavy atom. The number of pyridine rings is 1. The summed E-state index contributed by atoms with van der Waals surface area (Å²) in [6, 6.07) is 27.4. The van der Waals surface area contributed by atoms with Gasteiger partial charge >= 0.3 is 0 Å². The number of carbonyl (C=O) groups excluding carboxylic acids is 1. The molecule has 186 valence electrons. The molecule has 0 bridgehead atoms. The van der Waals surface area contributed by atoms with E-state index >= 15 is 0 Å². The molecule has 3 aromatic carbocycles. The number of fused-ring (bicyclic) bond motifs is 2. The molecule has 0 unspecified atom stereocenters. The molecule has 5 nitrogen and oxygen atoms in total. The molecule has 6 heteroatoms. The fraction of sp³-hybridized carbons (Fsp3) is 0.0625. The number of ketones is 1.